The number of benzene rings is 2. The lowest BCUT2D eigenvalue weighted by Gasteiger charge is -2.01. The molecule has 0 aliphatic carbocycles. The highest BCUT2D eigenvalue weighted by atomic mass is 35.5. The Hall–Kier alpha value is -2.40. The summed E-state index contributed by atoms with van der Waals surface area (Å²) in [6.45, 7) is 0. The fourth-order valence-corrected chi connectivity index (χ4v) is 2.42. The zero-order chi connectivity index (χ0) is 15.0. The lowest BCUT2D eigenvalue weighted by Crippen LogP contribution is -1.90. The van der Waals surface area contributed by atoms with Crippen molar-refractivity contribution < 1.29 is 13.9 Å². The summed E-state index contributed by atoms with van der Waals surface area (Å²) in [7, 11) is 1.47. The van der Waals surface area contributed by atoms with Gasteiger partial charge in [-0.2, -0.15) is 0 Å². The number of nitrogens with zero attached hydrogens (tertiary/aromatic N) is 1. The highest BCUT2D eigenvalue weighted by Crippen LogP contribution is 2.31. The van der Waals surface area contributed by atoms with Gasteiger partial charge in [0.15, 0.2) is 6.29 Å². The molecular formula is C15H10ClFN2O2. The monoisotopic (exact) mass is 304 g/mol. The second-order valence-corrected chi connectivity index (χ2v) is 4.82. The second kappa shape index (κ2) is 5.18. The molecule has 21 heavy (non-hydrogen) atoms. The quantitative estimate of drug-likeness (QED) is 0.748. The van der Waals surface area contributed by atoms with E-state index in [0.717, 1.165) is 0 Å². The Morgan fingerprint density at radius 3 is 2.86 bits per heavy atom. The van der Waals surface area contributed by atoms with Gasteiger partial charge in [-0.05, 0) is 18.2 Å². The number of aromatic nitrogens is 2. The van der Waals surface area contributed by atoms with Gasteiger partial charge in [0.2, 0.25) is 0 Å². The fraction of sp³-hybridized carbons (Fsp3) is 0.0667. The van der Waals surface area contributed by atoms with Crippen LogP contribution in [0.5, 0.6) is 5.75 Å². The highest BCUT2D eigenvalue weighted by Gasteiger charge is 2.15. The molecule has 1 N–H and O–H groups in total. The minimum atomic E-state index is -0.468. The fourth-order valence-electron chi connectivity index (χ4n) is 2.17. The maximum atomic E-state index is 13.9. The van der Waals surface area contributed by atoms with Crippen LogP contribution in [-0.4, -0.2) is 23.4 Å². The molecule has 0 saturated heterocycles. The number of rotatable bonds is 3. The molecule has 3 aromatic rings. The number of hydrogen-bond acceptors (Lipinski definition) is 3. The predicted molar refractivity (Wildman–Crippen MR) is 78.4 cm³/mol. The van der Waals surface area contributed by atoms with Crippen LogP contribution in [0.4, 0.5) is 4.39 Å². The van der Waals surface area contributed by atoms with Crippen LogP contribution in [0.15, 0.2) is 30.3 Å². The molecule has 0 amide bonds. The number of carbonyl (C=O) groups is 1. The van der Waals surface area contributed by atoms with Gasteiger partial charge in [-0.3, -0.25) is 4.79 Å². The molecule has 6 heteroatoms. The summed E-state index contributed by atoms with van der Waals surface area (Å²) in [6, 6.07) is 7.65. The average Bonchev–Trinajstić information content (AvgIpc) is 2.87. The maximum absolute atomic E-state index is 13.9. The first kappa shape index (κ1) is 13.6. The van der Waals surface area contributed by atoms with Crippen molar-refractivity contribution in [1.29, 1.82) is 0 Å². The van der Waals surface area contributed by atoms with Crippen molar-refractivity contribution in [3.63, 3.8) is 0 Å². The van der Waals surface area contributed by atoms with E-state index < -0.39 is 5.82 Å². The predicted octanol–water partition coefficient (Wildman–Crippen LogP) is 3.84. The van der Waals surface area contributed by atoms with E-state index in [1.54, 1.807) is 18.2 Å². The van der Waals surface area contributed by atoms with Crippen LogP contribution in [0, 0.1) is 5.82 Å². The van der Waals surface area contributed by atoms with Gasteiger partial charge < -0.3 is 9.72 Å². The second-order valence-electron chi connectivity index (χ2n) is 4.41. The van der Waals surface area contributed by atoms with Crippen molar-refractivity contribution >= 4 is 28.9 Å². The van der Waals surface area contributed by atoms with Gasteiger partial charge in [-0.15, -0.1) is 0 Å². The van der Waals surface area contributed by atoms with Crippen molar-refractivity contribution in [3.05, 3.63) is 46.7 Å². The van der Waals surface area contributed by atoms with Crippen molar-refractivity contribution in [2.45, 2.75) is 0 Å². The van der Waals surface area contributed by atoms with Crippen LogP contribution in [0.25, 0.3) is 22.4 Å². The summed E-state index contributed by atoms with van der Waals surface area (Å²) in [5.74, 6) is 0.248. The van der Waals surface area contributed by atoms with Gasteiger partial charge in [0.05, 0.1) is 34.3 Å². The first-order valence-electron chi connectivity index (χ1n) is 6.11. The number of aromatic amines is 1. The normalized spacial score (nSPS) is 10.8. The molecule has 0 bridgehead atoms. The van der Waals surface area contributed by atoms with E-state index in [9.17, 15) is 9.18 Å². The molecule has 0 spiro atoms. The molecule has 3 rings (SSSR count). The van der Waals surface area contributed by atoms with Crippen molar-refractivity contribution in [3.8, 4) is 17.1 Å². The third-order valence-electron chi connectivity index (χ3n) is 3.16. The molecule has 2 aromatic carbocycles. The first-order chi connectivity index (χ1) is 10.1. The molecule has 0 aliphatic rings. The summed E-state index contributed by atoms with van der Waals surface area (Å²) in [6.07, 6.45) is 0.689. The topological polar surface area (TPSA) is 55.0 Å². The summed E-state index contributed by atoms with van der Waals surface area (Å²) in [5.41, 5.74) is 1.75. The largest absolute Gasteiger partial charge is 0.496 e. The molecule has 4 nitrogen and oxygen atoms in total. The van der Waals surface area contributed by atoms with E-state index in [2.05, 4.69) is 9.97 Å². The van der Waals surface area contributed by atoms with Gasteiger partial charge in [-0.1, -0.05) is 17.7 Å². The zero-order valence-corrected chi connectivity index (χ0v) is 11.7. The first-order valence-corrected chi connectivity index (χ1v) is 6.49. The number of carbonyl (C=O) groups excluding carboxylic acids is 1. The summed E-state index contributed by atoms with van der Waals surface area (Å²) < 4.78 is 19.1. The van der Waals surface area contributed by atoms with Crippen LogP contribution in [0.1, 0.15) is 10.4 Å². The Balaban J connectivity index is 2.24. The number of aldehydes is 1. The third kappa shape index (κ3) is 2.25. The van der Waals surface area contributed by atoms with E-state index in [0.29, 0.717) is 34.5 Å². The minimum absolute atomic E-state index is 0.196. The number of hydrogen-bond donors (Lipinski definition) is 1. The SMILES string of the molecule is COc1cc2nc(-c3c(F)cccc3Cl)[nH]c2cc1C=O. The lowest BCUT2D eigenvalue weighted by atomic mass is 10.2. The Bertz CT molecular complexity index is 825. The summed E-state index contributed by atoms with van der Waals surface area (Å²) >= 11 is 6.03. The highest BCUT2D eigenvalue weighted by molar-refractivity contribution is 6.33. The number of methoxy groups -OCH3 is 1. The molecule has 0 atom stereocenters. The maximum Gasteiger partial charge on any atom is 0.153 e. The Morgan fingerprint density at radius 1 is 1.38 bits per heavy atom. The van der Waals surface area contributed by atoms with Gasteiger partial charge in [0, 0.05) is 6.07 Å². The molecular weight excluding hydrogens is 295 g/mol. The Morgan fingerprint density at radius 2 is 2.19 bits per heavy atom. The van der Waals surface area contributed by atoms with Crippen LogP contribution < -0.4 is 4.74 Å². The third-order valence-corrected chi connectivity index (χ3v) is 3.47. The Labute approximate surface area is 124 Å². The van der Waals surface area contributed by atoms with E-state index >= 15 is 0 Å². The van der Waals surface area contributed by atoms with Crippen molar-refractivity contribution in [1.82, 2.24) is 9.97 Å². The molecule has 0 fully saturated rings. The van der Waals surface area contributed by atoms with Gasteiger partial charge in [0.1, 0.15) is 17.4 Å². The Kier molecular flexibility index (Phi) is 3.35. The zero-order valence-electron chi connectivity index (χ0n) is 11.0. The molecule has 0 saturated carbocycles. The molecule has 0 unspecified atom stereocenters. The minimum Gasteiger partial charge on any atom is -0.496 e. The number of fused-ring (bicyclic) bond motifs is 1. The molecule has 1 heterocycles. The molecule has 1 aromatic heterocycles. The van der Waals surface area contributed by atoms with Gasteiger partial charge in [-0.25, -0.2) is 9.37 Å². The number of nitrogens with one attached hydrogen (secondary N) is 1. The summed E-state index contributed by atoms with van der Waals surface area (Å²) in [5, 5.41) is 0.261. The molecule has 0 radical (unpaired) electrons. The smallest absolute Gasteiger partial charge is 0.153 e. The molecule has 0 aliphatic heterocycles. The van der Waals surface area contributed by atoms with Gasteiger partial charge in [0.25, 0.3) is 0 Å². The molecule has 106 valence electrons. The average molecular weight is 305 g/mol. The van der Waals surface area contributed by atoms with E-state index in [1.807, 2.05) is 0 Å². The van der Waals surface area contributed by atoms with Crippen LogP contribution in [0.3, 0.4) is 0 Å². The summed E-state index contributed by atoms with van der Waals surface area (Å²) in [4.78, 5) is 18.3. The van der Waals surface area contributed by atoms with Crippen LogP contribution >= 0.6 is 11.6 Å². The van der Waals surface area contributed by atoms with Crippen molar-refractivity contribution in [2.75, 3.05) is 7.11 Å². The van der Waals surface area contributed by atoms with Gasteiger partial charge >= 0.3 is 0 Å². The van der Waals surface area contributed by atoms with E-state index in [1.165, 1.54) is 19.2 Å². The van der Waals surface area contributed by atoms with Crippen LogP contribution in [0.2, 0.25) is 5.02 Å². The van der Waals surface area contributed by atoms with Crippen molar-refractivity contribution in [2.24, 2.45) is 0 Å². The van der Waals surface area contributed by atoms with E-state index in [4.69, 9.17) is 16.3 Å². The van der Waals surface area contributed by atoms with E-state index in [-0.39, 0.29) is 10.6 Å². The number of halogens is 2. The standard InChI is InChI=1S/C15H10ClFN2O2/c1-21-13-6-12-11(5-8(13)7-20)18-15(19-12)14-9(16)3-2-4-10(14)17/h2-7H,1H3,(H,18,19). The van der Waals surface area contributed by atoms with Crippen LogP contribution in [-0.2, 0) is 0 Å². The lowest BCUT2D eigenvalue weighted by molar-refractivity contribution is 0.112. The number of imidazole rings is 1. The number of H-pyrrole nitrogens is 1. The number of ether oxygens (including phenoxy) is 1.